The van der Waals surface area contributed by atoms with Gasteiger partial charge >= 0.3 is 39.9 Å². The number of aliphatic hydroxyl groups excluding tert-OH is 5. The molecule has 2 aromatic rings. The Balaban J connectivity index is 0.00000184. The molecular weight excluding hydrogens is 894 g/mol. The molecule has 0 fully saturated rings. The number of benzene rings is 2. The predicted molar refractivity (Wildman–Crippen MR) is 175 cm³/mol. The van der Waals surface area contributed by atoms with Crippen molar-refractivity contribution in [3.63, 3.8) is 0 Å². The fourth-order valence-electron chi connectivity index (χ4n) is 4.99. The van der Waals surface area contributed by atoms with Gasteiger partial charge in [-0.25, -0.2) is 0 Å². The van der Waals surface area contributed by atoms with E-state index in [9.17, 15) is 64.8 Å². The summed E-state index contributed by atoms with van der Waals surface area (Å²) in [5.74, 6) is -6.96. The Morgan fingerprint density at radius 2 is 1.05 bits per heavy atom. The van der Waals surface area contributed by atoms with E-state index in [1.54, 1.807) is 48.8 Å². The van der Waals surface area contributed by atoms with Crippen LogP contribution in [0.4, 0.5) is 0 Å². The number of carboxylic acids is 5. The number of hydrogen-bond donors (Lipinski definition) is 7. The average Bonchev–Trinajstić information content (AvgIpc) is 3.10. The molecule has 0 aliphatic rings. The third kappa shape index (κ3) is 21.6. The summed E-state index contributed by atoms with van der Waals surface area (Å²) in [4.78, 5) is 59.7. The number of aliphatic carboxylic acids is 5. The third-order valence-electron chi connectivity index (χ3n) is 7.76. The van der Waals surface area contributed by atoms with Crippen molar-refractivity contribution in [1.82, 2.24) is 14.7 Å². The topological polar surface area (TPSA) is 358 Å². The van der Waals surface area contributed by atoms with Gasteiger partial charge in [0.05, 0.1) is 49.5 Å². The Hall–Kier alpha value is -3.65. The maximum absolute atomic E-state index is 12.2. The summed E-state index contributed by atoms with van der Waals surface area (Å²) in [5, 5.41) is 112. The Bertz CT molecular complexity index is 1420. The predicted octanol–water partition coefficient (Wildman–Crippen LogP) is -10.6. The minimum absolute atomic E-state index is 0. The van der Waals surface area contributed by atoms with Crippen molar-refractivity contribution in [2.75, 3.05) is 72.6 Å². The van der Waals surface area contributed by atoms with Crippen LogP contribution in [0.1, 0.15) is 5.56 Å². The van der Waals surface area contributed by atoms with Crippen LogP contribution in [0.2, 0.25) is 0 Å². The molecule has 0 aromatic heterocycles. The van der Waals surface area contributed by atoms with Crippen molar-refractivity contribution < 1.29 is 130 Å². The molecule has 2 aromatic carbocycles. The number of nitrogens with two attached hydrogens (primary N) is 1. The van der Waals surface area contributed by atoms with Gasteiger partial charge in [-0.1, -0.05) is 12.1 Å². The number of ether oxygens (including phenoxy) is 1. The van der Waals surface area contributed by atoms with Crippen LogP contribution in [0.25, 0.3) is 0 Å². The van der Waals surface area contributed by atoms with Crippen molar-refractivity contribution in [2.24, 2.45) is 0 Å². The number of rotatable bonds is 26. The second-order valence-corrected chi connectivity index (χ2v) is 12.2. The quantitative estimate of drug-likeness (QED) is 0.0460. The van der Waals surface area contributed by atoms with E-state index < -0.39 is 93.1 Å². The van der Waals surface area contributed by atoms with E-state index in [4.69, 9.17) is 20.1 Å². The summed E-state index contributed by atoms with van der Waals surface area (Å²) in [6, 6.07) is 10.9. The van der Waals surface area contributed by atoms with Gasteiger partial charge in [-0.05, 0) is 48.4 Å². The first-order valence-corrected chi connectivity index (χ1v) is 16.7. The summed E-state index contributed by atoms with van der Waals surface area (Å²) in [5.41, 5.74) is 0.509. The van der Waals surface area contributed by atoms with Gasteiger partial charge in [0.25, 0.3) is 0 Å². The van der Waals surface area contributed by atoms with E-state index in [0.29, 0.717) is 17.1 Å². The minimum atomic E-state index is -1.58. The number of likely N-dealkylation sites (N-methyl/N-ethyl adjacent to an activating group) is 1. The molecule has 1 radical (unpaired) electrons. The molecule has 0 aliphatic heterocycles. The largest absolute Gasteiger partial charge is 3.00 e. The van der Waals surface area contributed by atoms with Crippen molar-refractivity contribution in [3.05, 3.63) is 54.1 Å². The molecule has 5 atom stereocenters. The molecule has 0 bridgehead atoms. The van der Waals surface area contributed by atoms with Crippen LogP contribution in [0.5, 0.6) is 17.2 Å². The van der Waals surface area contributed by atoms with Crippen LogP contribution in [0.3, 0.4) is 0 Å². The number of carbonyl (C=O) groups excluding carboxylic acids is 5. The molecule has 313 valence electrons. The van der Waals surface area contributed by atoms with Gasteiger partial charge in [0.15, 0.2) is 0 Å². The van der Waals surface area contributed by atoms with Crippen molar-refractivity contribution in [1.29, 1.82) is 0 Å². The zero-order valence-corrected chi connectivity index (χ0v) is 32.5. The monoisotopic (exact) mass is 940 g/mol. The SMILES string of the molecule is C[NH2+]C[C@H](O)[C@@H](O)[C@H](O)C(O)CO.O=C([O-])CN(CCN(CCN(CC(=O)[O-])CC(=O)[O-])[C@@H](Cc1ccc(Oc2ccc(O)cc2)cc1)C(=O)[O-])CC(=O)[O-].[Gd+3]. The number of carboxylic acid groups (broad SMARTS) is 5. The maximum Gasteiger partial charge on any atom is 3.00 e. The Morgan fingerprint density at radius 3 is 1.41 bits per heavy atom. The van der Waals surface area contributed by atoms with Gasteiger partial charge in [-0.15, -0.1) is 0 Å². The third-order valence-corrected chi connectivity index (χ3v) is 7.76. The Labute approximate surface area is 353 Å². The summed E-state index contributed by atoms with van der Waals surface area (Å²) in [6.07, 6.45) is -5.68. The molecule has 0 aliphatic carbocycles. The summed E-state index contributed by atoms with van der Waals surface area (Å²) in [7, 11) is 1.70. The molecule has 0 saturated carbocycles. The van der Waals surface area contributed by atoms with Crippen LogP contribution >= 0.6 is 0 Å². The standard InChI is InChI=1S/C27H33N3O12.C7H17NO5.Gd/c31-19-3-7-21(8-4-19)42-20-5-1-18(2-6-20)13-22(27(40)41)30(11-9-28(14-23(32)33)15-24(34)35)12-10-29(16-25(36)37)17-26(38)39;1-8-2-4(10)6(12)7(13)5(11)3-9;/h1-8,22,31H,9-17H2,(H,32,33)(H,34,35)(H,36,37)(H,38,39)(H,40,41);4-13H,2-3H2,1H3;/q;;+3/p-4/t22-;4-,5?,6+,7+;/m00./s1. The first kappa shape index (κ1) is 52.4. The summed E-state index contributed by atoms with van der Waals surface area (Å²) >= 11 is 0. The van der Waals surface area contributed by atoms with Crippen LogP contribution in [-0.2, 0) is 30.4 Å². The molecule has 2 rings (SSSR count). The Kier molecular flexibility index (Phi) is 26.1. The van der Waals surface area contributed by atoms with Gasteiger partial charge in [0.2, 0.25) is 0 Å². The smallest absolute Gasteiger partial charge is 0.549 e. The molecule has 8 N–H and O–H groups in total. The van der Waals surface area contributed by atoms with E-state index in [0.717, 1.165) is 9.80 Å². The molecule has 0 saturated heterocycles. The molecule has 0 spiro atoms. The van der Waals surface area contributed by atoms with Gasteiger partial charge in [0.1, 0.15) is 48.2 Å². The zero-order valence-electron chi connectivity index (χ0n) is 30.2. The van der Waals surface area contributed by atoms with Crippen LogP contribution in [-0.4, -0.2) is 178 Å². The molecule has 0 amide bonds. The van der Waals surface area contributed by atoms with E-state index in [2.05, 4.69) is 0 Å². The van der Waals surface area contributed by atoms with E-state index >= 15 is 0 Å². The number of phenolic OH excluding ortho intramolecular Hbond substituents is 1. The first-order valence-electron chi connectivity index (χ1n) is 16.7. The maximum atomic E-state index is 12.2. The van der Waals surface area contributed by atoms with E-state index in [1.165, 1.54) is 17.0 Å². The number of aromatic hydroxyl groups is 1. The number of carbonyl (C=O) groups is 5. The summed E-state index contributed by atoms with van der Waals surface area (Å²) in [6.45, 7) is -4.60. The normalized spacial score (nSPS) is 13.7. The minimum Gasteiger partial charge on any atom is -0.549 e. The molecule has 22 heteroatoms. The fraction of sp³-hybridized carbons (Fsp3) is 0.500. The second kappa shape index (κ2) is 27.9. The number of aliphatic hydroxyl groups is 5. The first-order chi connectivity index (χ1) is 25.9. The van der Waals surface area contributed by atoms with E-state index in [-0.39, 0.29) is 84.8 Å². The van der Waals surface area contributed by atoms with Crippen LogP contribution in [0, 0.1) is 39.9 Å². The second-order valence-electron chi connectivity index (χ2n) is 12.2. The van der Waals surface area contributed by atoms with Crippen LogP contribution < -0.4 is 35.6 Å². The van der Waals surface area contributed by atoms with Crippen molar-refractivity contribution in [3.8, 4) is 17.2 Å². The zero-order chi connectivity index (χ0) is 41.7. The number of hydrogen-bond acceptors (Lipinski definition) is 20. The van der Waals surface area contributed by atoms with Crippen LogP contribution in [0.15, 0.2) is 48.5 Å². The average molecular weight is 940 g/mol. The molecule has 1 unspecified atom stereocenters. The number of nitrogens with zero attached hydrogens (tertiary/aromatic N) is 3. The van der Waals surface area contributed by atoms with Gasteiger partial charge < -0.3 is 90.2 Å². The van der Waals surface area contributed by atoms with E-state index in [1.807, 2.05) is 0 Å². The Morgan fingerprint density at radius 1 is 0.661 bits per heavy atom. The number of quaternary nitrogens is 1. The fourth-order valence-corrected chi connectivity index (χ4v) is 4.99. The molecule has 0 heterocycles. The van der Waals surface area contributed by atoms with Gasteiger partial charge in [0, 0.05) is 52.4 Å². The van der Waals surface area contributed by atoms with Crippen molar-refractivity contribution >= 4 is 29.8 Å². The van der Waals surface area contributed by atoms with Crippen molar-refractivity contribution in [2.45, 2.75) is 36.9 Å². The molecule has 21 nitrogen and oxygen atoms in total. The molecular formula is C34H46GdN4O17-. The summed E-state index contributed by atoms with van der Waals surface area (Å²) < 4.78 is 5.67. The van der Waals surface area contributed by atoms with Gasteiger partial charge in [-0.2, -0.15) is 0 Å². The molecule has 56 heavy (non-hydrogen) atoms. The van der Waals surface area contributed by atoms with Gasteiger partial charge in [-0.3, -0.25) is 14.7 Å². The number of phenols is 1.